The summed E-state index contributed by atoms with van der Waals surface area (Å²) in [5.74, 6) is 1.18. The Kier molecular flexibility index (Phi) is 6.88. The van der Waals surface area contributed by atoms with E-state index < -0.39 is 6.09 Å². The number of benzene rings is 2. The Morgan fingerprint density at radius 2 is 1.85 bits per heavy atom. The summed E-state index contributed by atoms with van der Waals surface area (Å²) < 4.78 is 17.0. The van der Waals surface area contributed by atoms with Gasteiger partial charge in [0.2, 0.25) is 0 Å². The van der Waals surface area contributed by atoms with Crippen molar-refractivity contribution in [2.24, 2.45) is 0 Å². The zero-order valence-corrected chi connectivity index (χ0v) is 16.8. The number of methoxy groups -OCH3 is 1. The Labute approximate surface area is 161 Å². The van der Waals surface area contributed by atoms with Crippen LogP contribution in [0.1, 0.15) is 23.6 Å². The Bertz CT molecular complexity index is 794. The minimum Gasteiger partial charge on any atom is -0.493 e. The number of hydroxylamine groups is 1. The third-order valence-electron chi connectivity index (χ3n) is 3.90. The molecule has 2 rings (SSSR count). The summed E-state index contributed by atoms with van der Waals surface area (Å²) in [5, 5.41) is 10.6. The highest BCUT2D eigenvalue weighted by molar-refractivity contribution is 9.10. The molecule has 2 aromatic rings. The lowest BCUT2D eigenvalue weighted by Gasteiger charge is -2.20. The van der Waals surface area contributed by atoms with Gasteiger partial charge in [-0.1, -0.05) is 6.07 Å². The first kappa shape index (κ1) is 20.1. The van der Waals surface area contributed by atoms with Crippen molar-refractivity contribution in [2.45, 2.75) is 27.4 Å². The van der Waals surface area contributed by atoms with Gasteiger partial charge in [0.05, 0.1) is 29.4 Å². The van der Waals surface area contributed by atoms with Crippen molar-refractivity contribution in [3.8, 4) is 11.5 Å². The molecule has 0 fully saturated rings. The lowest BCUT2D eigenvalue weighted by molar-refractivity contribution is 0.140. The maximum Gasteiger partial charge on any atom is 0.438 e. The van der Waals surface area contributed by atoms with E-state index >= 15 is 0 Å². The van der Waals surface area contributed by atoms with Crippen molar-refractivity contribution in [1.82, 2.24) is 0 Å². The highest BCUT2D eigenvalue weighted by atomic mass is 79.9. The molecule has 0 aromatic heterocycles. The van der Waals surface area contributed by atoms with Crippen molar-refractivity contribution in [2.75, 3.05) is 18.8 Å². The summed E-state index contributed by atoms with van der Waals surface area (Å²) in [7, 11) is 1.19. The zero-order chi connectivity index (χ0) is 19.3. The van der Waals surface area contributed by atoms with Gasteiger partial charge in [0.1, 0.15) is 18.1 Å². The first-order valence-corrected chi connectivity index (χ1v) is 8.89. The molecule has 1 amide bonds. The Morgan fingerprint density at radius 1 is 1.15 bits per heavy atom. The molecule has 26 heavy (non-hydrogen) atoms. The van der Waals surface area contributed by atoms with E-state index in [0.717, 1.165) is 15.6 Å². The molecular weight excluding hydrogens is 402 g/mol. The van der Waals surface area contributed by atoms with Crippen LogP contribution in [0.25, 0.3) is 0 Å². The summed E-state index contributed by atoms with van der Waals surface area (Å²) in [4.78, 5) is 11.7. The molecule has 6 nitrogen and oxygen atoms in total. The van der Waals surface area contributed by atoms with Gasteiger partial charge in [0.15, 0.2) is 0 Å². The minimum absolute atomic E-state index is 0.0979. The van der Waals surface area contributed by atoms with Gasteiger partial charge in [-0.05, 0) is 72.1 Å². The van der Waals surface area contributed by atoms with E-state index in [1.165, 1.54) is 7.11 Å². The van der Waals surface area contributed by atoms with Crippen molar-refractivity contribution >= 4 is 27.7 Å². The van der Waals surface area contributed by atoms with Gasteiger partial charge in [0, 0.05) is 0 Å². The highest BCUT2D eigenvalue weighted by Gasteiger charge is 2.21. The van der Waals surface area contributed by atoms with Gasteiger partial charge in [-0.3, -0.25) is 5.21 Å². The third-order valence-corrected chi connectivity index (χ3v) is 4.52. The zero-order valence-electron chi connectivity index (χ0n) is 15.2. The van der Waals surface area contributed by atoms with Crippen LogP contribution in [0.15, 0.2) is 34.8 Å². The van der Waals surface area contributed by atoms with E-state index in [-0.39, 0.29) is 12.3 Å². The largest absolute Gasteiger partial charge is 0.493 e. The number of ether oxygens (including phenoxy) is 3. The van der Waals surface area contributed by atoms with Crippen LogP contribution in [0, 0.1) is 13.8 Å². The number of hydrogen-bond donors (Lipinski definition) is 1. The summed E-state index contributed by atoms with van der Waals surface area (Å²) in [6.07, 6.45) is -0.896. The summed E-state index contributed by atoms with van der Waals surface area (Å²) in [5.41, 5.74) is 3.02. The van der Waals surface area contributed by atoms with Crippen molar-refractivity contribution in [1.29, 1.82) is 0 Å². The number of halogens is 1. The molecule has 0 unspecified atom stereocenters. The predicted octanol–water partition coefficient (Wildman–Crippen LogP) is 5.01. The molecule has 0 saturated heterocycles. The summed E-state index contributed by atoms with van der Waals surface area (Å²) in [6.45, 7) is 6.41. The topological polar surface area (TPSA) is 68.2 Å². The molecule has 2 aromatic carbocycles. The molecule has 0 spiro atoms. The number of rotatable bonds is 6. The molecule has 0 saturated carbocycles. The standard InChI is InChI=1S/C19H22BrNO5/c1-5-25-17-8-6-7-16(21(23)19(22)24-4)14(17)11-26-18-10-13(3)12(2)9-15(18)20/h6-10,23H,5,11H2,1-4H3. The third kappa shape index (κ3) is 4.47. The molecule has 0 atom stereocenters. The Morgan fingerprint density at radius 3 is 2.50 bits per heavy atom. The second-order valence-electron chi connectivity index (χ2n) is 5.62. The molecular formula is C19H22BrNO5. The number of carbonyl (C=O) groups is 1. The van der Waals surface area contributed by atoms with Gasteiger partial charge in [-0.15, -0.1) is 0 Å². The molecule has 0 aliphatic rings. The molecule has 0 bridgehead atoms. The number of amides is 1. The van der Waals surface area contributed by atoms with E-state index in [1.54, 1.807) is 18.2 Å². The van der Waals surface area contributed by atoms with Gasteiger partial charge in [-0.2, -0.15) is 5.06 Å². The predicted molar refractivity (Wildman–Crippen MR) is 102 cm³/mol. The van der Waals surface area contributed by atoms with Crippen LogP contribution >= 0.6 is 15.9 Å². The smallest absolute Gasteiger partial charge is 0.438 e. The molecule has 7 heteroatoms. The quantitative estimate of drug-likeness (QED) is 0.522. The van der Waals surface area contributed by atoms with Crippen molar-refractivity contribution in [3.05, 3.63) is 51.5 Å². The summed E-state index contributed by atoms with van der Waals surface area (Å²) in [6, 6.07) is 8.94. The van der Waals surface area contributed by atoms with Gasteiger partial charge in [-0.25, -0.2) is 4.79 Å². The van der Waals surface area contributed by atoms with Crippen molar-refractivity contribution < 1.29 is 24.2 Å². The fourth-order valence-corrected chi connectivity index (χ4v) is 2.96. The lowest BCUT2D eigenvalue weighted by Crippen LogP contribution is -2.28. The fourth-order valence-electron chi connectivity index (χ4n) is 2.39. The number of aryl methyl sites for hydroxylation is 2. The molecule has 0 aliphatic heterocycles. The fraction of sp³-hybridized carbons (Fsp3) is 0.316. The highest BCUT2D eigenvalue weighted by Crippen LogP contribution is 2.33. The molecule has 0 aliphatic carbocycles. The van der Waals surface area contributed by atoms with Crippen LogP contribution in [0.5, 0.6) is 11.5 Å². The minimum atomic E-state index is -0.896. The van der Waals surface area contributed by atoms with E-state index in [2.05, 4.69) is 20.7 Å². The van der Waals surface area contributed by atoms with Gasteiger partial charge >= 0.3 is 6.09 Å². The van der Waals surface area contributed by atoms with Gasteiger partial charge in [0.25, 0.3) is 0 Å². The number of carbonyl (C=O) groups excluding carboxylic acids is 1. The SMILES string of the molecule is CCOc1cccc(N(O)C(=O)OC)c1COc1cc(C)c(C)cc1Br. The molecule has 0 heterocycles. The lowest BCUT2D eigenvalue weighted by atomic mass is 10.1. The van der Waals surface area contributed by atoms with Gasteiger partial charge < -0.3 is 14.2 Å². The average Bonchev–Trinajstić information content (AvgIpc) is 2.63. The van der Waals surface area contributed by atoms with Crippen molar-refractivity contribution in [3.63, 3.8) is 0 Å². The molecule has 0 radical (unpaired) electrons. The number of hydrogen-bond acceptors (Lipinski definition) is 5. The molecule has 140 valence electrons. The summed E-state index contributed by atoms with van der Waals surface area (Å²) >= 11 is 3.50. The first-order valence-electron chi connectivity index (χ1n) is 8.10. The van der Waals surface area contributed by atoms with E-state index in [9.17, 15) is 10.0 Å². The maximum atomic E-state index is 11.7. The van der Waals surface area contributed by atoms with Crippen LogP contribution in [-0.4, -0.2) is 25.0 Å². The van der Waals surface area contributed by atoms with Crippen LogP contribution in [0.2, 0.25) is 0 Å². The number of anilines is 1. The van der Waals surface area contributed by atoms with Crippen LogP contribution in [0.3, 0.4) is 0 Å². The second kappa shape index (κ2) is 8.91. The normalized spacial score (nSPS) is 10.4. The Balaban J connectivity index is 2.37. The van der Waals surface area contributed by atoms with Crippen LogP contribution in [-0.2, 0) is 11.3 Å². The van der Waals surface area contributed by atoms with Crippen LogP contribution in [0.4, 0.5) is 10.5 Å². The van der Waals surface area contributed by atoms with Crippen LogP contribution < -0.4 is 14.5 Å². The van der Waals surface area contributed by atoms with E-state index in [1.807, 2.05) is 32.9 Å². The maximum absolute atomic E-state index is 11.7. The Hall–Kier alpha value is -2.25. The first-order chi connectivity index (χ1) is 12.4. The average molecular weight is 424 g/mol. The monoisotopic (exact) mass is 423 g/mol. The number of nitrogens with zero attached hydrogens (tertiary/aromatic N) is 1. The van der Waals surface area contributed by atoms with E-state index in [4.69, 9.17) is 9.47 Å². The second-order valence-corrected chi connectivity index (χ2v) is 6.48. The van der Waals surface area contributed by atoms with E-state index in [0.29, 0.717) is 28.7 Å². The molecule has 1 N–H and O–H groups in total.